The van der Waals surface area contributed by atoms with Gasteiger partial charge in [-0.3, -0.25) is 9.69 Å². The van der Waals surface area contributed by atoms with E-state index in [4.69, 9.17) is 4.74 Å². The van der Waals surface area contributed by atoms with Crippen molar-refractivity contribution in [2.24, 2.45) is 0 Å². The third kappa shape index (κ3) is 4.64. The summed E-state index contributed by atoms with van der Waals surface area (Å²) in [6.07, 6.45) is 0.709. The average Bonchev–Trinajstić information content (AvgIpc) is 3.49. The van der Waals surface area contributed by atoms with Crippen molar-refractivity contribution in [3.05, 3.63) is 87.6 Å². The van der Waals surface area contributed by atoms with Crippen LogP contribution in [0.4, 0.5) is 10.5 Å². The molecule has 6 heteroatoms. The Labute approximate surface area is 186 Å². The van der Waals surface area contributed by atoms with Gasteiger partial charge in [-0.25, -0.2) is 4.79 Å². The molecule has 5 nitrogen and oxygen atoms in total. The highest BCUT2D eigenvalue weighted by Crippen LogP contribution is 2.29. The molecule has 2 heterocycles. The first-order chi connectivity index (χ1) is 15.1. The third-order valence-electron chi connectivity index (χ3n) is 5.74. The number of rotatable bonds is 7. The van der Waals surface area contributed by atoms with Crippen molar-refractivity contribution in [1.29, 1.82) is 0 Å². The molecule has 0 spiro atoms. The van der Waals surface area contributed by atoms with Gasteiger partial charge in [-0.15, -0.1) is 11.3 Å². The normalized spacial score (nSPS) is 15.4. The summed E-state index contributed by atoms with van der Waals surface area (Å²) in [5.41, 5.74) is 3.52. The van der Waals surface area contributed by atoms with Crippen LogP contribution in [-0.2, 0) is 4.74 Å². The van der Waals surface area contributed by atoms with E-state index in [2.05, 4.69) is 43.4 Å². The second-order valence-corrected chi connectivity index (χ2v) is 8.69. The molecule has 3 aromatic rings. The summed E-state index contributed by atoms with van der Waals surface area (Å²) in [7, 11) is 0. The number of anilines is 1. The van der Waals surface area contributed by atoms with E-state index in [1.54, 1.807) is 34.4 Å². The SMILES string of the molecule is CCC(C)c1ccc(C(NC(=O)c2cccc(N3CCOC3=O)c2)c2cccs2)cc1. The number of carbonyl (C=O) groups excluding carboxylic acids is 2. The summed E-state index contributed by atoms with van der Waals surface area (Å²) in [5.74, 6) is 0.322. The van der Waals surface area contributed by atoms with Crippen molar-refractivity contribution in [2.45, 2.75) is 32.2 Å². The second kappa shape index (κ2) is 9.35. The Balaban J connectivity index is 1.58. The number of benzene rings is 2. The topological polar surface area (TPSA) is 58.6 Å². The van der Waals surface area contributed by atoms with Crippen molar-refractivity contribution < 1.29 is 14.3 Å². The van der Waals surface area contributed by atoms with E-state index < -0.39 is 0 Å². The zero-order chi connectivity index (χ0) is 21.8. The first-order valence-corrected chi connectivity index (χ1v) is 11.4. The minimum Gasteiger partial charge on any atom is -0.447 e. The standard InChI is InChI=1S/C25H26N2O3S/c1-3-17(2)18-9-11-19(12-10-18)23(22-8-5-15-31-22)26-24(28)20-6-4-7-21(16-20)27-13-14-30-25(27)29/h4-12,15-17,23H,3,13-14H2,1-2H3,(H,26,28). The van der Waals surface area contributed by atoms with E-state index in [1.165, 1.54) is 5.56 Å². The van der Waals surface area contributed by atoms with Gasteiger partial charge in [-0.1, -0.05) is 50.2 Å². The average molecular weight is 435 g/mol. The molecule has 0 saturated carbocycles. The highest BCUT2D eigenvalue weighted by molar-refractivity contribution is 7.10. The molecular weight excluding hydrogens is 408 g/mol. The number of ether oxygens (including phenoxy) is 1. The van der Waals surface area contributed by atoms with Crippen LogP contribution >= 0.6 is 11.3 Å². The number of carbonyl (C=O) groups is 2. The molecule has 160 valence electrons. The zero-order valence-electron chi connectivity index (χ0n) is 17.7. The number of cyclic esters (lactones) is 1. The van der Waals surface area contributed by atoms with E-state index >= 15 is 0 Å². The summed E-state index contributed by atoms with van der Waals surface area (Å²) in [4.78, 5) is 27.6. The van der Waals surface area contributed by atoms with Crippen LogP contribution in [0.5, 0.6) is 0 Å². The van der Waals surface area contributed by atoms with Crippen LogP contribution in [0.25, 0.3) is 0 Å². The highest BCUT2D eigenvalue weighted by Gasteiger charge is 2.25. The number of hydrogen-bond acceptors (Lipinski definition) is 4. The van der Waals surface area contributed by atoms with Crippen molar-refractivity contribution in [2.75, 3.05) is 18.1 Å². The molecule has 1 fully saturated rings. The van der Waals surface area contributed by atoms with E-state index in [-0.39, 0.29) is 18.0 Å². The summed E-state index contributed by atoms with van der Waals surface area (Å²) in [5, 5.41) is 5.20. The van der Waals surface area contributed by atoms with E-state index in [9.17, 15) is 9.59 Å². The minimum absolute atomic E-state index is 0.182. The maximum absolute atomic E-state index is 13.2. The van der Waals surface area contributed by atoms with Gasteiger partial charge in [-0.2, -0.15) is 0 Å². The molecule has 0 radical (unpaired) electrons. The predicted molar refractivity (Wildman–Crippen MR) is 124 cm³/mol. The van der Waals surface area contributed by atoms with E-state index in [1.807, 2.05) is 23.6 Å². The Kier molecular flexibility index (Phi) is 6.37. The number of thiophene rings is 1. The molecule has 1 aliphatic heterocycles. The van der Waals surface area contributed by atoms with Gasteiger partial charge in [-0.05, 0) is 53.1 Å². The van der Waals surface area contributed by atoms with Gasteiger partial charge in [0.1, 0.15) is 6.61 Å². The molecule has 2 amide bonds. The van der Waals surface area contributed by atoms with Crippen molar-refractivity contribution in [3.8, 4) is 0 Å². The molecule has 31 heavy (non-hydrogen) atoms. The lowest BCUT2D eigenvalue weighted by atomic mass is 9.95. The fourth-order valence-corrected chi connectivity index (χ4v) is 4.49. The number of amides is 2. The number of nitrogens with zero attached hydrogens (tertiary/aromatic N) is 1. The van der Waals surface area contributed by atoms with Crippen LogP contribution in [0, 0.1) is 0 Å². The molecule has 2 atom stereocenters. The fourth-order valence-electron chi connectivity index (χ4n) is 3.68. The summed E-state index contributed by atoms with van der Waals surface area (Å²) in [6, 6.07) is 19.4. The van der Waals surface area contributed by atoms with Crippen molar-refractivity contribution in [1.82, 2.24) is 5.32 Å². The second-order valence-electron chi connectivity index (χ2n) is 7.71. The van der Waals surface area contributed by atoms with Crippen molar-refractivity contribution >= 4 is 29.0 Å². The fraction of sp³-hybridized carbons (Fsp3) is 0.280. The van der Waals surface area contributed by atoms with E-state index in [0.29, 0.717) is 30.3 Å². The molecular formula is C25H26N2O3S. The summed E-state index contributed by atoms with van der Waals surface area (Å²) >= 11 is 1.62. The smallest absolute Gasteiger partial charge is 0.414 e. The summed E-state index contributed by atoms with van der Waals surface area (Å²) < 4.78 is 5.01. The van der Waals surface area contributed by atoms with Crippen molar-refractivity contribution in [3.63, 3.8) is 0 Å². The predicted octanol–water partition coefficient (Wildman–Crippen LogP) is 5.74. The van der Waals surface area contributed by atoms with Gasteiger partial charge in [0.15, 0.2) is 0 Å². The van der Waals surface area contributed by atoms with Gasteiger partial charge < -0.3 is 10.1 Å². The molecule has 2 aromatic carbocycles. The van der Waals surface area contributed by atoms with E-state index in [0.717, 1.165) is 16.9 Å². The van der Waals surface area contributed by atoms with Crippen LogP contribution < -0.4 is 10.2 Å². The first-order valence-electron chi connectivity index (χ1n) is 10.5. The third-order valence-corrected chi connectivity index (χ3v) is 6.67. The molecule has 1 saturated heterocycles. The molecule has 1 aromatic heterocycles. The van der Waals surface area contributed by atoms with Gasteiger partial charge >= 0.3 is 6.09 Å². The Morgan fingerprint density at radius 3 is 2.55 bits per heavy atom. The Morgan fingerprint density at radius 2 is 1.90 bits per heavy atom. The first kappa shape index (κ1) is 21.1. The molecule has 0 bridgehead atoms. The Bertz CT molecular complexity index is 1050. The lowest BCUT2D eigenvalue weighted by Gasteiger charge is -2.20. The van der Waals surface area contributed by atoms with Crippen LogP contribution in [-0.4, -0.2) is 25.2 Å². The van der Waals surface area contributed by atoms with Gasteiger partial charge in [0.05, 0.1) is 12.6 Å². The van der Waals surface area contributed by atoms with Crippen LogP contribution in [0.15, 0.2) is 66.0 Å². The molecule has 1 aliphatic rings. The molecule has 4 rings (SSSR count). The minimum atomic E-state index is -0.379. The highest BCUT2D eigenvalue weighted by atomic mass is 32.1. The van der Waals surface area contributed by atoms with Gasteiger partial charge in [0, 0.05) is 16.1 Å². The maximum atomic E-state index is 13.2. The van der Waals surface area contributed by atoms with Crippen LogP contribution in [0.3, 0.4) is 0 Å². The van der Waals surface area contributed by atoms with Crippen LogP contribution in [0.1, 0.15) is 58.6 Å². The number of nitrogens with one attached hydrogen (secondary N) is 1. The molecule has 0 aliphatic carbocycles. The molecule has 2 unspecified atom stereocenters. The molecule has 1 N–H and O–H groups in total. The lowest BCUT2D eigenvalue weighted by molar-refractivity contribution is 0.0943. The lowest BCUT2D eigenvalue weighted by Crippen LogP contribution is -2.29. The zero-order valence-corrected chi connectivity index (χ0v) is 18.5. The monoisotopic (exact) mass is 434 g/mol. The van der Waals surface area contributed by atoms with Gasteiger partial charge in [0.25, 0.3) is 5.91 Å². The summed E-state index contributed by atoms with van der Waals surface area (Å²) in [6.45, 7) is 5.26. The number of hydrogen-bond donors (Lipinski definition) is 1. The Morgan fingerprint density at radius 1 is 1.13 bits per heavy atom. The Hall–Kier alpha value is -3.12. The van der Waals surface area contributed by atoms with Crippen LogP contribution in [0.2, 0.25) is 0 Å². The largest absolute Gasteiger partial charge is 0.447 e. The maximum Gasteiger partial charge on any atom is 0.414 e. The quantitative estimate of drug-likeness (QED) is 0.516. The van der Waals surface area contributed by atoms with Gasteiger partial charge in [0.2, 0.25) is 0 Å².